The van der Waals surface area contributed by atoms with Crippen molar-refractivity contribution >= 4 is 29.2 Å². The molecule has 0 aliphatic carbocycles. The van der Waals surface area contributed by atoms with Crippen LogP contribution in [0.15, 0.2) is 41.6 Å². The average molecular weight is 446 g/mol. The predicted octanol–water partition coefficient (Wildman–Crippen LogP) is 3.35. The Morgan fingerprint density at radius 1 is 1.13 bits per heavy atom. The smallest absolute Gasteiger partial charge is 0.319 e. The van der Waals surface area contributed by atoms with E-state index in [1.807, 2.05) is 0 Å². The maximum Gasteiger partial charge on any atom is 0.319 e. The molecule has 0 aromatic heterocycles. The first kappa shape index (κ1) is 20.7. The summed E-state index contributed by atoms with van der Waals surface area (Å²) in [4.78, 5) is 25.5. The second-order valence-corrected chi connectivity index (χ2v) is 7.23. The van der Waals surface area contributed by atoms with Crippen LogP contribution in [0.1, 0.15) is 18.5 Å². The van der Waals surface area contributed by atoms with Gasteiger partial charge in [-0.15, -0.1) is 0 Å². The van der Waals surface area contributed by atoms with Gasteiger partial charge in [-0.3, -0.25) is 4.79 Å². The quantitative estimate of drug-likeness (QED) is 0.651. The van der Waals surface area contributed by atoms with Gasteiger partial charge in [-0.05, 0) is 24.6 Å². The SMILES string of the molecule is COc1cc(NC(=O)C2=C(C)NC(=O)N[C@@H]2c2ccc3c(c2)OCO3)c(OC)cc1Cl. The number of carbonyl (C=O) groups is 2. The number of carbonyl (C=O) groups excluding carboxylic acids is 2. The lowest BCUT2D eigenvalue weighted by atomic mass is 9.94. The molecule has 0 unspecified atom stereocenters. The van der Waals surface area contributed by atoms with E-state index in [2.05, 4.69) is 16.0 Å². The summed E-state index contributed by atoms with van der Waals surface area (Å²) in [6, 6.07) is 7.25. The third-order valence-corrected chi connectivity index (χ3v) is 5.26. The number of anilines is 1. The zero-order valence-corrected chi connectivity index (χ0v) is 17.8. The van der Waals surface area contributed by atoms with Crippen LogP contribution in [0.5, 0.6) is 23.0 Å². The number of methoxy groups -OCH3 is 2. The Bertz CT molecular complexity index is 1100. The fraction of sp³-hybridized carbons (Fsp3) is 0.238. The molecule has 2 aliphatic rings. The summed E-state index contributed by atoms with van der Waals surface area (Å²) in [5.41, 5.74) is 1.79. The summed E-state index contributed by atoms with van der Waals surface area (Å²) >= 11 is 6.15. The van der Waals surface area contributed by atoms with E-state index in [0.717, 1.165) is 0 Å². The van der Waals surface area contributed by atoms with E-state index in [1.54, 1.807) is 37.3 Å². The van der Waals surface area contributed by atoms with Crippen molar-refractivity contribution in [2.45, 2.75) is 13.0 Å². The van der Waals surface area contributed by atoms with Crippen molar-refractivity contribution < 1.29 is 28.5 Å². The van der Waals surface area contributed by atoms with Crippen LogP contribution in [0.25, 0.3) is 0 Å². The van der Waals surface area contributed by atoms with Gasteiger partial charge >= 0.3 is 6.03 Å². The lowest BCUT2D eigenvalue weighted by Gasteiger charge is -2.29. The molecular formula is C21H20ClN3O6. The molecule has 0 spiro atoms. The minimum atomic E-state index is -0.705. The summed E-state index contributed by atoms with van der Waals surface area (Å²) in [5.74, 6) is 1.46. The summed E-state index contributed by atoms with van der Waals surface area (Å²) in [5, 5.41) is 8.60. The molecule has 4 rings (SSSR count). The second-order valence-electron chi connectivity index (χ2n) is 6.82. The number of urea groups is 1. The number of ether oxygens (including phenoxy) is 4. The number of halogens is 1. The molecule has 0 saturated carbocycles. The summed E-state index contributed by atoms with van der Waals surface area (Å²) in [6.45, 7) is 1.78. The monoisotopic (exact) mass is 445 g/mol. The molecule has 0 bridgehead atoms. The number of allylic oxidation sites excluding steroid dienone is 1. The highest BCUT2D eigenvalue weighted by atomic mass is 35.5. The van der Waals surface area contributed by atoms with Gasteiger partial charge in [0, 0.05) is 17.8 Å². The van der Waals surface area contributed by atoms with Crippen LogP contribution in [0.4, 0.5) is 10.5 Å². The highest BCUT2D eigenvalue weighted by Gasteiger charge is 2.32. The molecule has 0 radical (unpaired) electrons. The molecule has 2 heterocycles. The normalized spacial score (nSPS) is 17.0. The van der Waals surface area contributed by atoms with Gasteiger partial charge in [0.2, 0.25) is 6.79 Å². The molecule has 162 valence electrons. The fourth-order valence-corrected chi connectivity index (χ4v) is 3.72. The van der Waals surface area contributed by atoms with E-state index < -0.39 is 18.0 Å². The number of benzene rings is 2. The molecule has 9 nitrogen and oxygen atoms in total. The summed E-state index contributed by atoms with van der Waals surface area (Å²) in [7, 11) is 2.94. The first-order valence-corrected chi connectivity index (χ1v) is 9.69. The third-order valence-electron chi connectivity index (χ3n) is 4.97. The van der Waals surface area contributed by atoms with Crippen molar-refractivity contribution in [1.82, 2.24) is 10.6 Å². The van der Waals surface area contributed by atoms with Gasteiger partial charge in [0.1, 0.15) is 11.5 Å². The van der Waals surface area contributed by atoms with Crippen LogP contribution < -0.4 is 34.9 Å². The number of fused-ring (bicyclic) bond motifs is 1. The molecule has 2 aliphatic heterocycles. The zero-order chi connectivity index (χ0) is 22.1. The molecule has 3 N–H and O–H groups in total. The van der Waals surface area contributed by atoms with Gasteiger partial charge < -0.3 is 34.9 Å². The zero-order valence-electron chi connectivity index (χ0n) is 17.0. The van der Waals surface area contributed by atoms with Crippen molar-refractivity contribution in [2.75, 3.05) is 26.3 Å². The summed E-state index contributed by atoms with van der Waals surface area (Å²) in [6.07, 6.45) is 0. The van der Waals surface area contributed by atoms with E-state index in [4.69, 9.17) is 30.5 Å². The van der Waals surface area contributed by atoms with E-state index in [1.165, 1.54) is 14.2 Å². The van der Waals surface area contributed by atoms with Gasteiger partial charge in [-0.25, -0.2) is 4.79 Å². The molecule has 0 saturated heterocycles. The van der Waals surface area contributed by atoms with Gasteiger partial charge in [0.25, 0.3) is 5.91 Å². The van der Waals surface area contributed by atoms with E-state index >= 15 is 0 Å². The van der Waals surface area contributed by atoms with Crippen molar-refractivity contribution in [1.29, 1.82) is 0 Å². The van der Waals surface area contributed by atoms with E-state index in [-0.39, 0.29) is 6.79 Å². The number of nitrogens with one attached hydrogen (secondary N) is 3. The van der Waals surface area contributed by atoms with Crippen molar-refractivity contribution in [3.8, 4) is 23.0 Å². The minimum absolute atomic E-state index is 0.123. The predicted molar refractivity (Wildman–Crippen MR) is 113 cm³/mol. The maximum atomic E-state index is 13.3. The van der Waals surface area contributed by atoms with Gasteiger partial charge in [-0.2, -0.15) is 0 Å². The highest BCUT2D eigenvalue weighted by molar-refractivity contribution is 6.32. The van der Waals surface area contributed by atoms with Crippen molar-refractivity contribution in [3.05, 3.63) is 52.2 Å². The van der Waals surface area contributed by atoms with Crippen molar-refractivity contribution in [3.63, 3.8) is 0 Å². The van der Waals surface area contributed by atoms with Crippen LogP contribution in [-0.2, 0) is 4.79 Å². The lowest BCUT2D eigenvalue weighted by molar-refractivity contribution is -0.113. The Morgan fingerprint density at radius 2 is 1.87 bits per heavy atom. The van der Waals surface area contributed by atoms with Crippen LogP contribution >= 0.6 is 11.6 Å². The Labute approximate surface area is 183 Å². The minimum Gasteiger partial charge on any atom is -0.495 e. The molecule has 10 heteroatoms. The topological polar surface area (TPSA) is 107 Å². The number of amides is 3. The van der Waals surface area contributed by atoms with E-state index in [9.17, 15) is 9.59 Å². The molecule has 3 amide bonds. The summed E-state index contributed by atoms with van der Waals surface area (Å²) < 4.78 is 21.3. The maximum absolute atomic E-state index is 13.3. The first-order valence-electron chi connectivity index (χ1n) is 9.32. The van der Waals surface area contributed by atoms with Gasteiger partial charge in [0.05, 0.1) is 36.5 Å². The highest BCUT2D eigenvalue weighted by Crippen LogP contribution is 2.39. The number of rotatable bonds is 5. The molecule has 0 fully saturated rings. The Kier molecular flexibility index (Phi) is 5.51. The Morgan fingerprint density at radius 3 is 2.61 bits per heavy atom. The Balaban J connectivity index is 1.70. The third kappa shape index (κ3) is 3.91. The van der Waals surface area contributed by atoms with Crippen LogP contribution in [0.3, 0.4) is 0 Å². The fourth-order valence-electron chi connectivity index (χ4n) is 3.49. The average Bonchev–Trinajstić information content (AvgIpc) is 3.21. The second kappa shape index (κ2) is 8.27. The largest absolute Gasteiger partial charge is 0.495 e. The molecule has 1 atom stereocenters. The molecular weight excluding hydrogens is 426 g/mol. The number of hydrogen-bond donors (Lipinski definition) is 3. The van der Waals surface area contributed by atoms with Crippen LogP contribution in [0, 0.1) is 0 Å². The Hall–Kier alpha value is -3.59. The van der Waals surface area contributed by atoms with Gasteiger partial charge in [0.15, 0.2) is 11.5 Å². The van der Waals surface area contributed by atoms with Gasteiger partial charge in [-0.1, -0.05) is 17.7 Å². The first-order chi connectivity index (χ1) is 14.9. The molecule has 2 aromatic rings. The van der Waals surface area contributed by atoms with Crippen LogP contribution in [-0.4, -0.2) is 33.0 Å². The van der Waals surface area contributed by atoms with Crippen molar-refractivity contribution in [2.24, 2.45) is 0 Å². The lowest BCUT2D eigenvalue weighted by Crippen LogP contribution is -2.46. The standard InChI is InChI=1S/C21H20ClN3O6/c1-10-18(20(26)24-13-8-15(28-2)12(22)7-16(13)29-3)19(25-21(27)23-10)11-4-5-14-17(6-11)31-9-30-14/h4-8,19H,9H2,1-3H3,(H,24,26)(H2,23,25,27)/t19-/m1/s1. The molecule has 2 aromatic carbocycles. The van der Waals surface area contributed by atoms with Crippen LogP contribution in [0.2, 0.25) is 5.02 Å². The van der Waals surface area contributed by atoms with E-state index in [0.29, 0.717) is 50.5 Å². The molecule has 31 heavy (non-hydrogen) atoms. The number of hydrogen-bond acceptors (Lipinski definition) is 6.